The van der Waals surface area contributed by atoms with Crippen LogP contribution >= 0.6 is 0 Å². The van der Waals surface area contributed by atoms with Crippen molar-refractivity contribution in [1.29, 1.82) is 0 Å². The number of hydrogen-bond acceptors (Lipinski definition) is 5. The van der Waals surface area contributed by atoms with Gasteiger partial charge in [-0.05, 0) is 36.1 Å². The summed E-state index contributed by atoms with van der Waals surface area (Å²) in [7, 11) is 0. The third kappa shape index (κ3) is 3.12. The molecule has 1 aliphatic heterocycles. The van der Waals surface area contributed by atoms with Crippen LogP contribution in [0.3, 0.4) is 0 Å². The molecule has 0 aliphatic carbocycles. The van der Waals surface area contributed by atoms with Gasteiger partial charge in [0, 0.05) is 11.6 Å². The van der Waals surface area contributed by atoms with Crippen molar-refractivity contribution in [2.75, 3.05) is 6.54 Å². The number of nitro benzene ring substituents is 1. The quantitative estimate of drug-likeness (QED) is 0.338. The zero-order chi connectivity index (χ0) is 19.7. The van der Waals surface area contributed by atoms with Crippen molar-refractivity contribution in [1.82, 2.24) is 4.90 Å². The normalized spacial score (nSPS) is 13.0. The van der Waals surface area contributed by atoms with Crippen molar-refractivity contribution in [3.8, 4) is 0 Å². The topological polar surface area (TPSA) is 97.6 Å². The van der Waals surface area contributed by atoms with E-state index in [-0.39, 0.29) is 16.9 Å². The lowest BCUT2D eigenvalue weighted by Gasteiger charge is -2.15. The van der Waals surface area contributed by atoms with E-state index in [2.05, 4.69) is 0 Å². The molecule has 1 heterocycles. The van der Waals surface area contributed by atoms with Gasteiger partial charge in [-0.3, -0.25) is 29.4 Å². The molecule has 7 heteroatoms. The second-order valence-corrected chi connectivity index (χ2v) is 6.28. The smallest absolute Gasteiger partial charge is 0.282 e. The predicted molar refractivity (Wildman–Crippen MR) is 98.0 cm³/mol. The van der Waals surface area contributed by atoms with Gasteiger partial charge < -0.3 is 0 Å². The summed E-state index contributed by atoms with van der Waals surface area (Å²) in [5.41, 5.74) is 1.57. The highest BCUT2D eigenvalue weighted by molar-refractivity contribution is 6.24. The fourth-order valence-corrected chi connectivity index (χ4v) is 3.25. The molecule has 138 valence electrons. The van der Waals surface area contributed by atoms with E-state index in [1.54, 1.807) is 6.07 Å². The van der Waals surface area contributed by atoms with Crippen LogP contribution < -0.4 is 0 Å². The van der Waals surface area contributed by atoms with Crippen LogP contribution in [0.5, 0.6) is 0 Å². The molecule has 0 spiro atoms. The molecule has 2 aromatic carbocycles. The van der Waals surface area contributed by atoms with Crippen molar-refractivity contribution in [3.05, 3.63) is 74.3 Å². The molecule has 1 aliphatic rings. The zero-order valence-corrected chi connectivity index (χ0v) is 15.0. The summed E-state index contributed by atoms with van der Waals surface area (Å²) in [6.07, 6.45) is 1.39. The van der Waals surface area contributed by atoms with E-state index >= 15 is 0 Å². The molecular formula is C20H18N2O5. The number of ketones is 1. The van der Waals surface area contributed by atoms with E-state index in [9.17, 15) is 24.5 Å². The lowest BCUT2D eigenvalue weighted by molar-refractivity contribution is -0.385. The molecule has 2 amide bonds. The number of amides is 2. The summed E-state index contributed by atoms with van der Waals surface area (Å²) in [6, 6.07) is 9.49. The van der Waals surface area contributed by atoms with Crippen LogP contribution in [0.25, 0.3) is 0 Å². The lowest BCUT2D eigenvalue weighted by Crippen LogP contribution is -2.35. The molecule has 3 rings (SSSR count). The van der Waals surface area contributed by atoms with Crippen LogP contribution in [-0.4, -0.2) is 34.0 Å². The first-order valence-electron chi connectivity index (χ1n) is 8.67. The minimum absolute atomic E-state index is 0.0416. The zero-order valence-electron chi connectivity index (χ0n) is 15.0. The van der Waals surface area contributed by atoms with Crippen LogP contribution in [0, 0.1) is 10.1 Å². The number of carbonyl (C=O) groups excluding carboxylic acids is 3. The Morgan fingerprint density at radius 3 is 2.44 bits per heavy atom. The molecule has 27 heavy (non-hydrogen) atoms. The van der Waals surface area contributed by atoms with Gasteiger partial charge in [0.25, 0.3) is 17.5 Å². The molecule has 0 aromatic heterocycles. The Morgan fingerprint density at radius 1 is 1.07 bits per heavy atom. The van der Waals surface area contributed by atoms with Gasteiger partial charge in [-0.1, -0.05) is 32.0 Å². The number of carbonyl (C=O) groups is 3. The molecule has 0 N–H and O–H groups in total. The van der Waals surface area contributed by atoms with E-state index in [1.807, 2.05) is 26.0 Å². The minimum atomic E-state index is -0.805. The van der Waals surface area contributed by atoms with E-state index in [4.69, 9.17) is 0 Å². The second kappa shape index (κ2) is 7.11. The highest BCUT2D eigenvalue weighted by Crippen LogP contribution is 2.31. The van der Waals surface area contributed by atoms with Crippen LogP contribution in [0.4, 0.5) is 5.69 Å². The maximum absolute atomic E-state index is 12.8. The van der Waals surface area contributed by atoms with Crippen molar-refractivity contribution >= 4 is 23.3 Å². The van der Waals surface area contributed by atoms with Gasteiger partial charge in [-0.25, -0.2) is 0 Å². The summed E-state index contributed by atoms with van der Waals surface area (Å²) in [4.78, 5) is 49.3. The summed E-state index contributed by atoms with van der Waals surface area (Å²) in [6.45, 7) is 3.45. The number of rotatable bonds is 6. The van der Waals surface area contributed by atoms with Crippen molar-refractivity contribution in [2.45, 2.75) is 26.7 Å². The number of aryl methyl sites for hydroxylation is 2. The van der Waals surface area contributed by atoms with E-state index < -0.39 is 29.0 Å². The molecule has 0 saturated heterocycles. The van der Waals surface area contributed by atoms with Crippen LogP contribution in [0.1, 0.15) is 56.0 Å². The SMILES string of the molecule is CCc1ccc(CC)c(C(=O)CN2C(=O)c3cccc([N+](=O)[O-])c3C2=O)c1. The maximum Gasteiger partial charge on any atom is 0.282 e. The van der Waals surface area contributed by atoms with Gasteiger partial charge in [0.2, 0.25) is 0 Å². The second-order valence-electron chi connectivity index (χ2n) is 6.28. The summed E-state index contributed by atoms with van der Waals surface area (Å²) in [5, 5.41) is 11.2. The van der Waals surface area contributed by atoms with Gasteiger partial charge in [-0.15, -0.1) is 0 Å². The first-order valence-corrected chi connectivity index (χ1v) is 8.67. The average Bonchev–Trinajstić information content (AvgIpc) is 2.92. The summed E-state index contributed by atoms with van der Waals surface area (Å²) >= 11 is 0. The number of nitrogens with zero attached hydrogens (tertiary/aromatic N) is 2. The van der Waals surface area contributed by atoms with Gasteiger partial charge >= 0.3 is 0 Å². The molecule has 0 bridgehead atoms. The number of nitro groups is 1. The van der Waals surface area contributed by atoms with E-state index in [0.29, 0.717) is 12.0 Å². The Morgan fingerprint density at radius 2 is 1.81 bits per heavy atom. The first-order chi connectivity index (χ1) is 12.9. The average molecular weight is 366 g/mol. The maximum atomic E-state index is 12.8. The number of fused-ring (bicyclic) bond motifs is 1. The van der Waals surface area contributed by atoms with Gasteiger partial charge in [0.15, 0.2) is 5.78 Å². The fourth-order valence-electron chi connectivity index (χ4n) is 3.25. The molecule has 0 unspecified atom stereocenters. The largest absolute Gasteiger partial charge is 0.292 e. The molecule has 7 nitrogen and oxygen atoms in total. The first kappa shape index (κ1) is 18.4. The van der Waals surface area contributed by atoms with Gasteiger partial charge in [0.05, 0.1) is 17.0 Å². The molecule has 0 fully saturated rings. The molecular weight excluding hydrogens is 348 g/mol. The molecule has 0 saturated carbocycles. The Bertz CT molecular complexity index is 980. The number of benzene rings is 2. The van der Waals surface area contributed by atoms with Crippen molar-refractivity contribution in [2.24, 2.45) is 0 Å². The highest BCUT2D eigenvalue weighted by atomic mass is 16.6. The minimum Gasteiger partial charge on any atom is -0.292 e. The van der Waals surface area contributed by atoms with Gasteiger partial charge in [0.1, 0.15) is 5.56 Å². The van der Waals surface area contributed by atoms with Gasteiger partial charge in [-0.2, -0.15) is 0 Å². The Hall–Kier alpha value is -3.35. The Balaban J connectivity index is 1.95. The monoisotopic (exact) mass is 366 g/mol. The third-order valence-corrected chi connectivity index (χ3v) is 4.74. The fraction of sp³-hybridized carbons (Fsp3) is 0.250. The van der Waals surface area contributed by atoms with E-state index in [1.165, 1.54) is 18.2 Å². The Kier molecular flexibility index (Phi) is 4.85. The number of Topliss-reactive ketones (excluding diaryl/α,β-unsaturated/α-hetero) is 1. The standard InChI is InChI=1S/C20H18N2O5/c1-3-12-8-9-13(4-2)15(10-12)17(23)11-21-19(24)14-6-5-7-16(22(26)27)18(14)20(21)25/h5-10H,3-4,11H2,1-2H3. The Labute approximate surface area is 155 Å². The van der Waals surface area contributed by atoms with Crippen LogP contribution in [0.15, 0.2) is 36.4 Å². The predicted octanol–water partition coefficient (Wildman–Crippen LogP) is 3.20. The van der Waals surface area contributed by atoms with Crippen molar-refractivity contribution < 1.29 is 19.3 Å². The molecule has 0 radical (unpaired) electrons. The van der Waals surface area contributed by atoms with E-state index in [0.717, 1.165) is 22.4 Å². The van der Waals surface area contributed by atoms with Crippen molar-refractivity contribution in [3.63, 3.8) is 0 Å². The van der Waals surface area contributed by atoms with Crippen LogP contribution in [0.2, 0.25) is 0 Å². The lowest BCUT2D eigenvalue weighted by atomic mass is 9.97. The summed E-state index contributed by atoms with van der Waals surface area (Å²) in [5.74, 6) is -1.85. The number of imide groups is 1. The summed E-state index contributed by atoms with van der Waals surface area (Å²) < 4.78 is 0. The molecule has 2 aromatic rings. The highest BCUT2D eigenvalue weighted by Gasteiger charge is 2.41. The molecule has 0 atom stereocenters. The third-order valence-electron chi connectivity index (χ3n) is 4.74. The van der Waals surface area contributed by atoms with Crippen LogP contribution in [-0.2, 0) is 12.8 Å². The number of hydrogen-bond donors (Lipinski definition) is 0.